The lowest BCUT2D eigenvalue weighted by molar-refractivity contribution is 0.439. The minimum absolute atomic E-state index is 0.189. The van der Waals surface area contributed by atoms with Gasteiger partial charge in [0.15, 0.2) is 0 Å². The third-order valence-corrected chi connectivity index (χ3v) is 3.15. The number of nitrogens with zero attached hydrogens (tertiary/aromatic N) is 1. The number of benzene rings is 2. The van der Waals surface area contributed by atoms with Crippen molar-refractivity contribution < 1.29 is 8.91 Å². The van der Waals surface area contributed by atoms with Gasteiger partial charge < -0.3 is 10.3 Å². The molecule has 0 fully saturated rings. The van der Waals surface area contributed by atoms with E-state index in [9.17, 15) is 4.39 Å². The molecule has 2 N–H and O–H groups in total. The predicted octanol–water partition coefficient (Wildman–Crippen LogP) is 4.04. The minimum atomic E-state index is -0.352. The Bertz CT molecular complexity index is 765. The first-order chi connectivity index (χ1) is 9.66. The third kappa shape index (κ3) is 2.05. The van der Waals surface area contributed by atoms with E-state index in [-0.39, 0.29) is 11.7 Å². The van der Waals surface area contributed by atoms with E-state index in [1.54, 1.807) is 18.2 Å². The molecular weight excluding hydrogens is 255 g/mol. The lowest BCUT2D eigenvalue weighted by Gasteiger charge is -2.04. The fraction of sp³-hybridized carbons (Fsp3) is 0.0625. The van der Waals surface area contributed by atoms with E-state index in [1.165, 1.54) is 6.07 Å². The standard InChI is InChI=1S/C16H13FN2O/c1-10-5-4-6-11(9-10)14-15(19-20-16(14)18)12-7-2-3-8-13(12)17/h2-9H,18H2,1H3. The van der Waals surface area contributed by atoms with Crippen molar-refractivity contribution in [3.63, 3.8) is 0 Å². The molecule has 0 spiro atoms. The third-order valence-electron chi connectivity index (χ3n) is 3.15. The lowest BCUT2D eigenvalue weighted by Crippen LogP contribution is -1.90. The van der Waals surface area contributed by atoms with Gasteiger partial charge in [-0.25, -0.2) is 4.39 Å². The Balaban J connectivity index is 2.23. The molecule has 0 amide bonds. The quantitative estimate of drug-likeness (QED) is 0.763. The van der Waals surface area contributed by atoms with Crippen LogP contribution in [-0.2, 0) is 0 Å². The highest BCUT2D eigenvalue weighted by Crippen LogP contribution is 2.37. The van der Waals surface area contributed by atoms with Crippen molar-refractivity contribution in [2.45, 2.75) is 6.92 Å². The number of hydrogen-bond acceptors (Lipinski definition) is 3. The lowest BCUT2D eigenvalue weighted by atomic mass is 9.99. The van der Waals surface area contributed by atoms with Gasteiger partial charge in [0.25, 0.3) is 0 Å². The van der Waals surface area contributed by atoms with Crippen LogP contribution in [0.25, 0.3) is 22.4 Å². The first-order valence-corrected chi connectivity index (χ1v) is 6.24. The maximum absolute atomic E-state index is 13.9. The summed E-state index contributed by atoms with van der Waals surface area (Å²) in [6.07, 6.45) is 0. The second-order valence-electron chi connectivity index (χ2n) is 4.62. The summed E-state index contributed by atoms with van der Waals surface area (Å²) >= 11 is 0. The van der Waals surface area contributed by atoms with Crippen LogP contribution in [0.15, 0.2) is 53.1 Å². The van der Waals surface area contributed by atoms with Crippen molar-refractivity contribution in [2.24, 2.45) is 0 Å². The second kappa shape index (κ2) is 4.81. The van der Waals surface area contributed by atoms with Gasteiger partial charge in [-0.15, -0.1) is 0 Å². The maximum Gasteiger partial charge on any atom is 0.230 e. The molecule has 3 aromatic rings. The van der Waals surface area contributed by atoms with E-state index in [2.05, 4.69) is 5.16 Å². The molecule has 1 aromatic heterocycles. The molecule has 100 valence electrons. The molecule has 3 rings (SSSR count). The van der Waals surface area contributed by atoms with Crippen LogP contribution in [0, 0.1) is 12.7 Å². The van der Waals surface area contributed by atoms with Crippen LogP contribution in [0.5, 0.6) is 0 Å². The summed E-state index contributed by atoms with van der Waals surface area (Å²) in [6.45, 7) is 1.98. The summed E-state index contributed by atoms with van der Waals surface area (Å²) in [7, 11) is 0. The Hall–Kier alpha value is -2.62. The van der Waals surface area contributed by atoms with Crippen LogP contribution in [0.3, 0.4) is 0 Å². The Kier molecular flexibility index (Phi) is 2.99. The van der Waals surface area contributed by atoms with Crippen LogP contribution in [0.2, 0.25) is 0 Å². The fourth-order valence-electron chi connectivity index (χ4n) is 2.22. The van der Waals surface area contributed by atoms with Gasteiger partial charge in [-0.3, -0.25) is 0 Å². The molecule has 0 saturated heterocycles. The zero-order valence-corrected chi connectivity index (χ0v) is 10.9. The number of hydrogen-bond donors (Lipinski definition) is 1. The Morgan fingerprint density at radius 3 is 2.65 bits per heavy atom. The number of nitrogens with two attached hydrogens (primary N) is 1. The molecule has 1 heterocycles. The van der Waals surface area contributed by atoms with E-state index in [0.717, 1.165) is 11.1 Å². The van der Waals surface area contributed by atoms with Crippen LogP contribution >= 0.6 is 0 Å². The van der Waals surface area contributed by atoms with Gasteiger partial charge in [0.2, 0.25) is 5.88 Å². The fourth-order valence-corrected chi connectivity index (χ4v) is 2.22. The zero-order chi connectivity index (χ0) is 14.1. The highest BCUT2D eigenvalue weighted by Gasteiger charge is 2.19. The highest BCUT2D eigenvalue weighted by atomic mass is 19.1. The van der Waals surface area contributed by atoms with Crippen molar-refractivity contribution in [2.75, 3.05) is 5.73 Å². The highest BCUT2D eigenvalue weighted by molar-refractivity contribution is 5.87. The van der Waals surface area contributed by atoms with Gasteiger partial charge in [-0.05, 0) is 24.6 Å². The van der Waals surface area contributed by atoms with Crippen molar-refractivity contribution in [1.82, 2.24) is 5.16 Å². The molecule has 0 aliphatic heterocycles. The van der Waals surface area contributed by atoms with Crippen LogP contribution in [0.4, 0.5) is 10.3 Å². The molecule has 0 aliphatic carbocycles. The molecule has 4 heteroatoms. The summed E-state index contributed by atoms with van der Waals surface area (Å²) in [6, 6.07) is 14.2. The Morgan fingerprint density at radius 1 is 1.10 bits per heavy atom. The molecule has 20 heavy (non-hydrogen) atoms. The number of halogens is 1. The molecule has 3 nitrogen and oxygen atoms in total. The van der Waals surface area contributed by atoms with Crippen molar-refractivity contribution in [1.29, 1.82) is 0 Å². The molecule has 0 atom stereocenters. The first-order valence-electron chi connectivity index (χ1n) is 6.24. The average molecular weight is 268 g/mol. The van der Waals surface area contributed by atoms with Gasteiger partial charge in [-0.2, -0.15) is 0 Å². The van der Waals surface area contributed by atoms with Crippen molar-refractivity contribution >= 4 is 5.88 Å². The average Bonchev–Trinajstić information content (AvgIpc) is 2.81. The van der Waals surface area contributed by atoms with Crippen LogP contribution in [-0.4, -0.2) is 5.16 Å². The Morgan fingerprint density at radius 2 is 1.90 bits per heavy atom. The second-order valence-corrected chi connectivity index (χ2v) is 4.62. The minimum Gasteiger partial charge on any atom is -0.367 e. The van der Waals surface area contributed by atoms with Gasteiger partial charge in [0, 0.05) is 5.56 Å². The SMILES string of the molecule is Cc1cccc(-c2c(-c3ccccc3F)noc2N)c1. The normalized spacial score (nSPS) is 10.7. The molecule has 0 aliphatic rings. The monoisotopic (exact) mass is 268 g/mol. The number of nitrogen functional groups attached to an aromatic ring is 1. The molecule has 0 radical (unpaired) electrons. The summed E-state index contributed by atoms with van der Waals surface area (Å²) in [4.78, 5) is 0. The smallest absolute Gasteiger partial charge is 0.230 e. The largest absolute Gasteiger partial charge is 0.367 e. The maximum atomic E-state index is 13.9. The summed E-state index contributed by atoms with van der Waals surface area (Å²) in [5.41, 5.74) is 9.23. The van der Waals surface area contributed by atoms with Crippen molar-refractivity contribution in [3.8, 4) is 22.4 Å². The number of rotatable bonds is 2. The van der Waals surface area contributed by atoms with Crippen LogP contribution in [0.1, 0.15) is 5.56 Å². The van der Waals surface area contributed by atoms with E-state index in [1.807, 2.05) is 31.2 Å². The van der Waals surface area contributed by atoms with Gasteiger partial charge in [0.1, 0.15) is 11.5 Å². The number of aryl methyl sites for hydroxylation is 1. The topological polar surface area (TPSA) is 52.0 Å². The number of aromatic nitrogens is 1. The van der Waals surface area contributed by atoms with E-state index >= 15 is 0 Å². The summed E-state index contributed by atoms with van der Waals surface area (Å²) in [5, 5.41) is 3.91. The van der Waals surface area contributed by atoms with E-state index < -0.39 is 0 Å². The van der Waals surface area contributed by atoms with E-state index in [0.29, 0.717) is 16.8 Å². The molecule has 0 saturated carbocycles. The summed E-state index contributed by atoms with van der Waals surface area (Å²) in [5.74, 6) is -0.163. The molecule has 0 bridgehead atoms. The molecule has 2 aromatic carbocycles. The summed E-state index contributed by atoms with van der Waals surface area (Å²) < 4.78 is 19.0. The van der Waals surface area contributed by atoms with Gasteiger partial charge in [0.05, 0.1) is 5.56 Å². The first kappa shape index (κ1) is 12.4. The molecular formula is C16H13FN2O. The van der Waals surface area contributed by atoms with Gasteiger partial charge >= 0.3 is 0 Å². The predicted molar refractivity (Wildman–Crippen MR) is 76.5 cm³/mol. The number of anilines is 1. The molecule has 0 unspecified atom stereocenters. The zero-order valence-electron chi connectivity index (χ0n) is 10.9. The van der Waals surface area contributed by atoms with Crippen LogP contribution < -0.4 is 5.73 Å². The van der Waals surface area contributed by atoms with E-state index in [4.69, 9.17) is 10.3 Å². The van der Waals surface area contributed by atoms with Crippen molar-refractivity contribution in [3.05, 3.63) is 59.9 Å². The Labute approximate surface area is 115 Å². The van der Waals surface area contributed by atoms with Gasteiger partial charge in [-0.1, -0.05) is 47.1 Å².